The molecule has 0 aliphatic heterocycles. The lowest BCUT2D eigenvalue weighted by Crippen LogP contribution is -2.16. The number of para-hydroxylation sites is 1. The summed E-state index contributed by atoms with van der Waals surface area (Å²) in [5, 5.41) is 12.3. The highest BCUT2D eigenvalue weighted by Crippen LogP contribution is 2.29. The van der Waals surface area contributed by atoms with Gasteiger partial charge in [0.05, 0.1) is 11.1 Å². The molecule has 1 atom stereocenters. The predicted molar refractivity (Wildman–Crippen MR) is 73.3 cm³/mol. The lowest BCUT2D eigenvalue weighted by molar-refractivity contribution is 0.173. The third-order valence-electron chi connectivity index (χ3n) is 2.44. The molecule has 0 heterocycles. The minimum Gasteiger partial charge on any atom is -0.492 e. The molecule has 0 fully saturated rings. The molecule has 1 aromatic rings. The van der Waals surface area contributed by atoms with Gasteiger partial charge in [0.15, 0.2) is 0 Å². The summed E-state index contributed by atoms with van der Waals surface area (Å²) in [4.78, 5) is 0. The number of hydrogen-bond acceptors (Lipinski definition) is 3. The third kappa shape index (κ3) is 4.66. The summed E-state index contributed by atoms with van der Waals surface area (Å²) in [6.07, 6.45) is 0. The Morgan fingerprint density at radius 3 is 2.88 bits per heavy atom. The van der Waals surface area contributed by atoms with Gasteiger partial charge in [-0.1, -0.05) is 26.0 Å². The van der Waals surface area contributed by atoms with Crippen molar-refractivity contribution in [2.24, 2.45) is 5.92 Å². The number of nitrogens with one attached hydrogen (secondary N) is 1. The van der Waals surface area contributed by atoms with Crippen LogP contribution in [0.5, 0.6) is 5.75 Å². The smallest absolute Gasteiger partial charge is 0.137 e. The summed E-state index contributed by atoms with van der Waals surface area (Å²) in [6, 6.07) is 6.01. The molecule has 0 aromatic heterocycles. The molecular formula is C13H20BrNO2. The first-order valence-electron chi connectivity index (χ1n) is 5.90. The second-order valence-corrected chi connectivity index (χ2v) is 4.96. The number of aliphatic hydroxyl groups is 1. The second-order valence-electron chi connectivity index (χ2n) is 4.11. The van der Waals surface area contributed by atoms with E-state index in [1.54, 1.807) is 0 Å². The van der Waals surface area contributed by atoms with Gasteiger partial charge in [-0.15, -0.1) is 0 Å². The van der Waals surface area contributed by atoms with E-state index in [-0.39, 0.29) is 12.5 Å². The summed E-state index contributed by atoms with van der Waals surface area (Å²) in [5.41, 5.74) is 1.13. The van der Waals surface area contributed by atoms with Crippen molar-refractivity contribution < 1.29 is 9.84 Å². The SMILES string of the molecule is CCNCc1cccc(Br)c1OCC(C)CO. The van der Waals surface area contributed by atoms with Gasteiger partial charge in [-0.05, 0) is 28.5 Å². The van der Waals surface area contributed by atoms with Gasteiger partial charge in [0.1, 0.15) is 5.75 Å². The molecule has 96 valence electrons. The lowest BCUT2D eigenvalue weighted by Gasteiger charge is -2.15. The maximum Gasteiger partial charge on any atom is 0.137 e. The van der Waals surface area contributed by atoms with E-state index in [0.29, 0.717) is 6.61 Å². The van der Waals surface area contributed by atoms with Gasteiger partial charge in [0.2, 0.25) is 0 Å². The largest absolute Gasteiger partial charge is 0.492 e. The second kappa shape index (κ2) is 7.69. The van der Waals surface area contributed by atoms with Crippen LogP contribution in [0.3, 0.4) is 0 Å². The zero-order valence-electron chi connectivity index (χ0n) is 10.4. The molecule has 0 spiro atoms. The van der Waals surface area contributed by atoms with Crippen LogP contribution in [0.15, 0.2) is 22.7 Å². The van der Waals surface area contributed by atoms with Crippen molar-refractivity contribution in [1.29, 1.82) is 0 Å². The fourth-order valence-electron chi connectivity index (χ4n) is 1.39. The van der Waals surface area contributed by atoms with Gasteiger partial charge in [0.25, 0.3) is 0 Å². The van der Waals surface area contributed by atoms with E-state index < -0.39 is 0 Å². The summed E-state index contributed by atoms with van der Waals surface area (Å²) in [5.74, 6) is 1.02. The molecule has 4 heteroatoms. The predicted octanol–water partition coefficient (Wildman–Crippen LogP) is 2.57. The van der Waals surface area contributed by atoms with Crippen LogP contribution in [0.2, 0.25) is 0 Å². The van der Waals surface area contributed by atoms with Crippen molar-refractivity contribution in [3.8, 4) is 5.75 Å². The first-order valence-corrected chi connectivity index (χ1v) is 6.70. The Balaban J connectivity index is 2.72. The maximum absolute atomic E-state index is 8.99. The van der Waals surface area contributed by atoms with Crippen LogP contribution in [0.4, 0.5) is 0 Å². The van der Waals surface area contributed by atoms with E-state index in [9.17, 15) is 0 Å². The molecule has 0 radical (unpaired) electrons. The molecular weight excluding hydrogens is 282 g/mol. The van der Waals surface area contributed by atoms with Crippen LogP contribution >= 0.6 is 15.9 Å². The molecule has 1 rings (SSSR count). The summed E-state index contributed by atoms with van der Waals surface area (Å²) in [7, 11) is 0. The monoisotopic (exact) mass is 301 g/mol. The topological polar surface area (TPSA) is 41.5 Å². The van der Waals surface area contributed by atoms with Gasteiger partial charge < -0.3 is 15.2 Å². The van der Waals surface area contributed by atoms with Crippen LogP contribution < -0.4 is 10.1 Å². The Hall–Kier alpha value is -0.580. The number of rotatable bonds is 7. The molecule has 0 bridgehead atoms. The Kier molecular flexibility index (Phi) is 6.55. The van der Waals surface area contributed by atoms with Crippen LogP contribution in [-0.2, 0) is 6.54 Å². The van der Waals surface area contributed by atoms with E-state index in [0.717, 1.165) is 28.9 Å². The van der Waals surface area contributed by atoms with E-state index in [1.807, 2.05) is 25.1 Å². The molecule has 0 amide bonds. The first-order chi connectivity index (χ1) is 8.19. The molecule has 17 heavy (non-hydrogen) atoms. The highest BCUT2D eigenvalue weighted by atomic mass is 79.9. The standard InChI is InChI=1S/C13H20BrNO2/c1-3-15-7-11-5-4-6-12(14)13(11)17-9-10(2)8-16/h4-6,10,15-16H,3,7-9H2,1-2H3. The van der Waals surface area contributed by atoms with E-state index >= 15 is 0 Å². The molecule has 0 saturated carbocycles. The van der Waals surface area contributed by atoms with Crippen LogP contribution in [-0.4, -0.2) is 24.9 Å². The Morgan fingerprint density at radius 1 is 1.47 bits per heavy atom. The van der Waals surface area contributed by atoms with E-state index in [4.69, 9.17) is 9.84 Å². The highest BCUT2D eigenvalue weighted by molar-refractivity contribution is 9.10. The minimum atomic E-state index is 0.146. The fourth-order valence-corrected chi connectivity index (χ4v) is 1.91. The number of benzene rings is 1. The maximum atomic E-state index is 8.99. The Labute approximate surface area is 111 Å². The van der Waals surface area contributed by atoms with Gasteiger partial charge >= 0.3 is 0 Å². The van der Waals surface area contributed by atoms with Crippen molar-refractivity contribution in [3.63, 3.8) is 0 Å². The van der Waals surface area contributed by atoms with Crippen molar-refractivity contribution in [3.05, 3.63) is 28.2 Å². The van der Waals surface area contributed by atoms with Crippen LogP contribution in [0.25, 0.3) is 0 Å². The molecule has 1 aromatic carbocycles. The van der Waals surface area contributed by atoms with Gasteiger partial charge in [-0.3, -0.25) is 0 Å². The summed E-state index contributed by atoms with van der Waals surface area (Å²) in [6.45, 7) is 6.43. The zero-order valence-corrected chi connectivity index (χ0v) is 12.0. The van der Waals surface area contributed by atoms with Gasteiger partial charge in [-0.25, -0.2) is 0 Å². The fraction of sp³-hybridized carbons (Fsp3) is 0.538. The average molecular weight is 302 g/mol. The number of hydrogen-bond donors (Lipinski definition) is 2. The van der Waals surface area contributed by atoms with Crippen molar-refractivity contribution in [1.82, 2.24) is 5.32 Å². The molecule has 0 aliphatic rings. The van der Waals surface area contributed by atoms with Crippen molar-refractivity contribution in [2.45, 2.75) is 20.4 Å². The summed E-state index contributed by atoms with van der Waals surface area (Å²) < 4.78 is 6.73. The van der Waals surface area contributed by atoms with Gasteiger partial charge in [-0.2, -0.15) is 0 Å². The quantitative estimate of drug-likeness (QED) is 0.813. The lowest BCUT2D eigenvalue weighted by atomic mass is 10.2. The van der Waals surface area contributed by atoms with Gasteiger partial charge in [0, 0.05) is 24.6 Å². The highest BCUT2D eigenvalue weighted by Gasteiger charge is 2.09. The number of ether oxygens (including phenoxy) is 1. The molecule has 3 nitrogen and oxygen atoms in total. The van der Waals surface area contributed by atoms with Crippen LogP contribution in [0.1, 0.15) is 19.4 Å². The van der Waals surface area contributed by atoms with Crippen LogP contribution in [0, 0.1) is 5.92 Å². The third-order valence-corrected chi connectivity index (χ3v) is 3.06. The molecule has 2 N–H and O–H groups in total. The minimum absolute atomic E-state index is 0.146. The first kappa shape index (κ1) is 14.5. The van der Waals surface area contributed by atoms with Crippen molar-refractivity contribution >= 4 is 15.9 Å². The number of aliphatic hydroxyl groups excluding tert-OH is 1. The molecule has 0 aliphatic carbocycles. The Bertz CT molecular complexity index is 344. The Morgan fingerprint density at radius 2 is 2.24 bits per heavy atom. The van der Waals surface area contributed by atoms with Crippen molar-refractivity contribution in [2.75, 3.05) is 19.8 Å². The molecule has 0 saturated heterocycles. The molecule has 1 unspecified atom stereocenters. The van der Waals surface area contributed by atoms with E-state index in [2.05, 4.69) is 28.2 Å². The number of halogens is 1. The average Bonchev–Trinajstić information content (AvgIpc) is 2.34. The zero-order chi connectivity index (χ0) is 12.7. The summed E-state index contributed by atoms with van der Waals surface area (Å²) >= 11 is 3.50. The van der Waals surface area contributed by atoms with E-state index in [1.165, 1.54) is 0 Å². The normalized spacial score (nSPS) is 12.5.